The molecule has 0 bridgehead atoms. The van der Waals surface area contributed by atoms with Crippen molar-refractivity contribution in [3.05, 3.63) is 79.0 Å². The van der Waals surface area contributed by atoms with Crippen LogP contribution in [0.5, 0.6) is 0 Å². The molecule has 0 spiro atoms. The van der Waals surface area contributed by atoms with Crippen LogP contribution in [0.3, 0.4) is 0 Å². The molecule has 5 rings (SSSR count). The molecule has 1 N–H and O–H groups in total. The van der Waals surface area contributed by atoms with Gasteiger partial charge in [-0.15, -0.1) is 11.3 Å². The summed E-state index contributed by atoms with van der Waals surface area (Å²) in [6.07, 6.45) is 4.86. The molecule has 3 aromatic heterocycles. The fourth-order valence-corrected chi connectivity index (χ4v) is 5.23. The first-order chi connectivity index (χ1) is 15.0. The maximum absolute atomic E-state index is 12.7. The first-order valence-electron chi connectivity index (χ1n) is 10.5. The number of nitrogens with one attached hydrogen (secondary N) is 1. The highest BCUT2D eigenvalue weighted by Crippen LogP contribution is 2.27. The SMILES string of the molecule is CC(C)c1nc2c(c(=O)[nH]1)CN(Cc1cn(Cc3cnc(Cl)s3)c3ccccc13)CC2. The van der Waals surface area contributed by atoms with E-state index in [-0.39, 0.29) is 11.5 Å². The predicted octanol–water partition coefficient (Wildman–Crippen LogP) is 4.56. The van der Waals surface area contributed by atoms with E-state index in [2.05, 4.69) is 63.7 Å². The molecule has 1 aliphatic heterocycles. The molecular weight excluding hydrogens is 430 g/mol. The third kappa shape index (κ3) is 4.05. The molecule has 1 aliphatic rings. The number of nitrogens with zero attached hydrogens (tertiary/aromatic N) is 4. The Kier molecular flexibility index (Phi) is 5.42. The van der Waals surface area contributed by atoms with E-state index in [0.717, 1.165) is 48.0 Å². The van der Waals surface area contributed by atoms with Gasteiger partial charge in [-0.3, -0.25) is 9.69 Å². The van der Waals surface area contributed by atoms with Crippen molar-refractivity contribution in [2.75, 3.05) is 6.54 Å². The van der Waals surface area contributed by atoms with Crippen LogP contribution in [0, 0.1) is 0 Å². The van der Waals surface area contributed by atoms with Gasteiger partial charge in [0.05, 0.1) is 17.8 Å². The van der Waals surface area contributed by atoms with E-state index in [1.807, 2.05) is 6.20 Å². The van der Waals surface area contributed by atoms with Crippen molar-refractivity contribution in [1.82, 2.24) is 24.4 Å². The van der Waals surface area contributed by atoms with Crippen molar-refractivity contribution in [2.45, 2.75) is 45.8 Å². The summed E-state index contributed by atoms with van der Waals surface area (Å²) in [7, 11) is 0. The van der Waals surface area contributed by atoms with Gasteiger partial charge < -0.3 is 9.55 Å². The Morgan fingerprint density at radius 1 is 1.26 bits per heavy atom. The quantitative estimate of drug-likeness (QED) is 0.481. The number of hydrogen-bond acceptors (Lipinski definition) is 5. The Bertz CT molecular complexity index is 1310. The highest BCUT2D eigenvalue weighted by Gasteiger charge is 2.23. The number of para-hydroxylation sites is 1. The van der Waals surface area contributed by atoms with Crippen LogP contribution in [0.4, 0.5) is 0 Å². The van der Waals surface area contributed by atoms with Gasteiger partial charge in [0.2, 0.25) is 0 Å². The molecule has 0 saturated carbocycles. The summed E-state index contributed by atoms with van der Waals surface area (Å²) in [6, 6.07) is 8.46. The van der Waals surface area contributed by atoms with E-state index in [1.54, 1.807) is 0 Å². The lowest BCUT2D eigenvalue weighted by Gasteiger charge is -2.27. The summed E-state index contributed by atoms with van der Waals surface area (Å²) in [5.41, 5.74) is 4.22. The Morgan fingerprint density at radius 2 is 2.10 bits per heavy atom. The zero-order chi connectivity index (χ0) is 21.5. The van der Waals surface area contributed by atoms with E-state index in [9.17, 15) is 4.79 Å². The largest absolute Gasteiger partial charge is 0.342 e. The Labute approximate surface area is 189 Å². The van der Waals surface area contributed by atoms with E-state index in [4.69, 9.17) is 16.6 Å². The van der Waals surface area contributed by atoms with Crippen LogP contribution in [0.1, 0.15) is 47.3 Å². The summed E-state index contributed by atoms with van der Waals surface area (Å²) >= 11 is 7.53. The molecule has 4 aromatic rings. The molecule has 8 heteroatoms. The zero-order valence-corrected chi connectivity index (χ0v) is 19.1. The predicted molar refractivity (Wildman–Crippen MR) is 125 cm³/mol. The summed E-state index contributed by atoms with van der Waals surface area (Å²) < 4.78 is 2.83. The van der Waals surface area contributed by atoms with Gasteiger partial charge in [0, 0.05) is 60.1 Å². The number of aromatic nitrogens is 4. The zero-order valence-electron chi connectivity index (χ0n) is 17.6. The van der Waals surface area contributed by atoms with E-state index in [0.29, 0.717) is 11.0 Å². The van der Waals surface area contributed by atoms with Gasteiger partial charge in [0.1, 0.15) is 5.82 Å². The van der Waals surface area contributed by atoms with Gasteiger partial charge in [0.15, 0.2) is 4.47 Å². The van der Waals surface area contributed by atoms with Crippen LogP contribution in [0.25, 0.3) is 10.9 Å². The maximum Gasteiger partial charge on any atom is 0.255 e. The van der Waals surface area contributed by atoms with Crippen molar-refractivity contribution in [2.24, 2.45) is 0 Å². The number of H-pyrrole nitrogens is 1. The molecule has 0 atom stereocenters. The van der Waals surface area contributed by atoms with Crippen molar-refractivity contribution in [1.29, 1.82) is 0 Å². The average Bonchev–Trinajstić information content (AvgIpc) is 3.32. The fraction of sp³-hybridized carbons (Fsp3) is 0.348. The second-order valence-corrected chi connectivity index (χ2v) is 10.1. The minimum Gasteiger partial charge on any atom is -0.342 e. The number of fused-ring (bicyclic) bond motifs is 2. The lowest BCUT2D eigenvalue weighted by molar-refractivity contribution is 0.242. The van der Waals surface area contributed by atoms with Crippen LogP contribution in [0.2, 0.25) is 4.47 Å². The lowest BCUT2D eigenvalue weighted by Crippen LogP contribution is -2.35. The number of thiazole rings is 1. The fourth-order valence-electron chi connectivity index (χ4n) is 4.25. The topological polar surface area (TPSA) is 66.8 Å². The van der Waals surface area contributed by atoms with Crippen molar-refractivity contribution in [3.63, 3.8) is 0 Å². The van der Waals surface area contributed by atoms with Crippen LogP contribution in [-0.2, 0) is 26.1 Å². The van der Waals surface area contributed by atoms with Crippen LogP contribution in [0.15, 0.2) is 41.5 Å². The second kappa shape index (κ2) is 8.22. The molecule has 0 radical (unpaired) electrons. The molecule has 31 heavy (non-hydrogen) atoms. The molecule has 0 amide bonds. The Hall–Kier alpha value is -2.48. The van der Waals surface area contributed by atoms with Crippen molar-refractivity contribution >= 4 is 33.8 Å². The third-order valence-electron chi connectivity index (χ3n) is 5.83. The summed E-state index contributed by atoms with van der Waals surface area (Å²) in [5, 5.41) is 1.24. The van der Waals surface area contributed by atoms with Crippen molar-refractivity contribution in [3.8, 4) is 0 Å². The smallest absolute Gasteiger partial charge is 0.255 e. The molecule has 0 unspecified atom stereocenters. The van der Waals surface area contributed by atoms with Gasteiger partial charge in [-0.05, 0) is 11.6 Å². The number of rotatable bonds is 5. The molecule has 0 fully saturated rings. The lowest BCUT2D eigenvalue weighted by atomic mass is 10.0. The highest BCUT2D eigenvalue weighted by atomic mass is 35.5. The maximum atomic E-state index is 12.7. The highest BCUT2D eigenvalue weighted by molar-refractivity contribution is 7.15. The Balaban J connectivity index is 1.42. The standard InChI is InChI=1S/C23H24ClN5OS/c1-14(2)21-26-19-7-8-28(13-18(19)22(30)27-21)10-15-11-29(12-16-9-25-23(24)31-16)20-6-4-3-5-17(15)20/h3-6,9,11,14H,7-8,10,12-13H2,1-2H3,(H,26,27,30). The monoisotopic (exact) mass is 453 g/mol. The Morgan fingerprint density at radius 3 is 2.87 bits per heavy atom. The number of halogens is 1. The van der Waals surface area contributed by atoms with Gasteiger partial charge in [-0.1, -0.05) is 43.6 Å². The first kappa shape index (κ1) is 20.4. The summed E-state index contributed by atoms with van der Waals surface area (Å²) in [6.45, 7) is 7.16. The van der Waals surface area contributed by atoms with Gasteiger partial charge in [-0.2, -0.15) is 0 Å². The van der Waals surface area contributed by atoms with Crippen LogP contribution >= 0.6 is 22.9 Å². The van der Waals surface area contributed by atoms with Gasteiger partial charge in [0.25, 0.3) is 5.56 Å². The van der Waals surface area contributed by atoms with E-state index < -0.39 is 0 Å². The molecule has 6 nitrogen and oxygen atoms in total. The molecule has 0 saturated heterocycles. The molecule has 4 heterocycles. The molecular formula is C23H24ClN5OS. The summed E-state index contributed by atoms with van der Waals surface area (Å²) in [5.74, 6) is 0.999. The van der Waals surface area contributed by atoms with E-state index in [1.165, 1.54) is 27.8 Å². The summed E-state index contributed by atoms with van der Waals surface area (Å²) in [4.78, 5) is 28.0. The van der Waals surface area contributed by atoms with E-state index >= 15 is 0 Å². The van der Waals surface area contributed by atoms with Crippen LogP contribution < -0.4 is 5.56 Å². The molecule has 1 aromatic carbocycles. The first-order valence-corrected chi connectivity index (χ1v) is 11.7. The number of hydrogen-bond donors (Lipinski definition) is 1. The van der Waals surface area contributed by atoms with Crippen LogP contribution in [-0.4, -0.2) is 31.0 Å². The molecule has 0 aliphatic carbocycles. The van der Waals surface area contributed by atoms with Gasteiger partial charge in [-0.25, -0.2) is 9.97 Å². The second-order valence-electron chi connectivity index (χ2n) is 8.37. The number of benzene rings is 1. The number of aromatic amines is 1. The van der Waals surface area contributed by atoms with Gasteiger partial charge >= 0.3 is 0 Å². The molecule has 160 valence electrons. The average molecular weight is 454 g/mol. The third-order valence-corrected chi connectivity index (χ3v) is 6.93. The van der Waals surface area contributed by atoms with Crippen molar-refractivity contribution < 1.29 is 0 Å². The minimum atomic E-state index is 0.00269. The normalized spacial score (nSPS) is 14.5. The minimum absolute atomic E-state index is 0.00269.